The molecule has 6 heteroatoms. The van der Waals surface area contributed by atoms with Gasteiger partial charge in [0.25, 0.3) is 0 Å². The number of rotatable bonds is 4. The fourth-order valence-corrected chi connectivity index (χ4v) is 1.17. The van der Waals surface area contributed by atoms with Crippen molar-refractivity contribution < 1.29 is 0 Å². The Morgan fingerprint density at radius 2 is 1.50 bits per heavy atom. The van der Waals surface area contributed by atoms with Gasteiger partial charge >= 0.3 is 0 Å². The molecular formula is C8H16N6. The predicted molar refractivity (Wildman–Crippen MR) is 55.3 cm³/mol. The van der Waals surface area contributed by atoms with E-state index in [0.717, 1.165) is 13.1 Å². The average molecular weight is 196 g/mol. The first kappa shape index (κ1) is 10.6. The third kappa shape index (κ3) is 2.81. The molecule has 0 aliphatic heterocycles. The summed E-state index contributed by atoms with van der Waals surface area (Å²) in [5, 5.41) is 0. The van der Waals surface area contributed by atoms with Gasteiger partial charge in [-0.2, -0.15) is 15.0 Å². The Labute approximate surface area is 83.4 Å². The molecule has 0 fully saturated rings. The largest absolute Gasteiger partial charge is 0.368 e. The van der Waals surface area contributed by atoms with Gasteiger partial charge in [0, 0.05) is 0 Å². The number of nitrogens with two attached hydrogens (primary N) is 2. The van der Waals surface area contributed by atoms with Crippen LogP contribution < -0.4 is 11.5 Å². The third-order valence-corrected chi connectivity index (χ3v) is 1.98. The number of hydrogen-bond donors (Lipinski definition) is 2. The third-order valence-electron chi connectivity index (χ3n) is 1.98. The summed E-state index contributed by atoms with van der Waals surface area (Å²) in [7, 11) is 0. The van der Waals surface area contributed by atoms with Gasteiger partial charge < -0.3 is 11.5 Å². The maximum atomic E-state index is 5.46. The lowest BCUT2D eigenvalue weighted by Gasteiger charge is -2.16. The van der Waals surface area contributed by atoms with Crippen LogP contribution in [0.5, 0.6) is 0 Å². The van der Waals surface area contributed by atoms with E-state index in [4.69, 9.17) is 11.5 Å². The molecule has 1 aromatic heterocycles. The molecule has 0 aliphatic rings. The molecule has 1 aromatic rings. The maximum absolute atomic E-state index is 5.46. The van der Waals surface area contributed by atoms with Gasteiger partial charge in [0.05, 0.1) is 6.54 Å². The van der Waals surface area contributed by atoms with Crippen molar-refractivity contribution in [3.05, 3.63) is 5.82 Å². The number of nitrogen functional groups attached to an aromatic ring is 2. The first-order valence-corrected chi connectivity index (χ1v) is 4.64. The Kier molecular flexibility index (Phi) is 3.58. The Hall–Kier alpha value is -1.43. The van der Waals surface area contributed by atoms with Crippen LogP contribution in [0, 0.1) is 0 Å². The standard InChI is InChI=1S/C8H16N6/c1-3-14(4-2)5-6-11-7(9)13-8(10)12-6/h3-5H2,1-2H3,(H4,9,10,11,12,13). The van der Waals surface area contributed by atoms with E-state index in [0.29, 0.717) is 12.4 Å². The second-order valence-corrected chi connectivity index (χ2v) is 2.93. The molecule has 0 aliphatic carbocycles. The van der Waals surface area contributed by atoms with Gasteiger partial charge in [0.1, 0.15) is 5.82 Å². The normalized spacial score (nSPS) is 10.8. The van der Waals surface area contributed by atoms with Crippen LogP contribution in [0.25, 0.3) is 0 Å². The van der Waals surface area contributed by atoms with Gasteiger partial charge in [0.15, 0.2) is 0 Å². The van der Waals surface area contributed by atoms with Gasteiger partial charge in [-0.05, 0) is 13.1 Å². The maximum Gasteiger partial charge on any atom is 0.225 e. The van der Waals surface area contributed by atoms with Crippen molar-refractivity contribution in [3.63, 3.8) is 0 Å². The second-order valence-electron chi connectivity index (χ2n) is 2.93. The van der Waals surface area contributed by atoms with Crippen LogP contribution in [0.2, 0.25) is 0 Å². The summed E-state index contributed by atoms with van der Waals surface area (Å²) in [6, 6.07) is 0. The van der Waals surface area contributed by atoms with E-state index in [9.17, 15) is 0 Å². The fourth-order valence-electron chi connectivity index (χ4n) is 1.17. The van der Waals surface area contributed by atoms with Gasteiger partial charge in [-0.15, -0.1) is 0 Å². The molecule has 0 saturated carbocycles. The summed E-state index contributed by atoms with van der Waals surface area (Å²) in [6.07, 6.45) is 0. The lowest BCUT2D eigenvalue weighted by Crippen LogP contribution is -2.24. The SMILES string of the molecule is CCN(CC)Cc1nc(N)nc(N)n1. The van der Waals surface area contributed by atoms with E-state index in [-0.39, 0.29) is 11.9 Å². The minimum atomic E-state index is 0.180. The van der Waals surface area contributed by atoms with Crippen LogP contribution in [-0.2, 0) is 6.54 Å². The highest BCUT2D eigenvalue weighted by Gasteiger charge is 2.05. The van der Waals surface area contributed by atoms with Crippen molar-refractivity contribution in [3.8, 4) is 0 Å². The zero-order chi connectivity index (χ0) is 10.6. The Morgan fingerprint density at radius 1 is 1.00 bits per heavy atom. The summed E-state index contributed by atoms with van der Waals surface area (Å²) >= 11 is 0. The van der Waals surface area contributed by atoms with E-state index in [1.54, 1.807) is 0 Å². The molecule has 6 nitrogen and oxygen atoms in total. The van der Waals surface area contributed by atoms with Crippen LogP contribution in [0.15, 0.2) is 0 Å². The number of anilines is 2. The predicted octanol–water partition coefficient (Wildman–Crippen LogP) is -0.122. The van der Waals surface area contributed by atoms with Crippen molar-refractivity contribution in [2.24, 2.45) is 0 Å². The molecule has 0 amide bonds. The number of nitrogens with zero attached hydrogens (tertiary/aromatic N) is 4. The Bertz CT molecular complexity index is 276. The molecule has 14 heavy (non-hydrogen) atoms. The quantitative estimate of drug-likeness (QED) is 0.697. The molecule has 0 aromatic carbocycles. The summed E-state index contributed by atoms with van der Waals surface area (Å²) in [5.74, 6) is 0.984. The van der Waals surface area contributed by atoms with E-state index in [1.165, 1.54) is 0 Å². The van der Waals surface area contributed by atoms with Crippen LogP contribution in [0.4, 0.5) is 11.9 Å². The summed E-state index contributed by atoms with van der Waals surface area (Å²) in [4.78, 5) is 13.9. The summed E-state index contributed by atoms with van der Waals surface area (Å²) in [5.41, 5.74) is 10.9. The van der Waals surface area contributed by atoms with Crippen LogP contribution in [-0.4, -0.2) is 32.9 Å². The topological polar surface area (TPSA) is 94.0 Å². The van der Waals surface area contributed by atoms with Crippen molar-refractivity contribution in [2.75, 3.05) is 24.6 Å². The highest BCUT2D eigenvalue weighted by atomic mass is 15.2. The smallest absolute Gasteiger partial charge is 0.225 e. The van der Waals surface area contributed by atoms with Crippen molar-refractivity contribution in [1.82, 2.24) is 19.9 Å². The van der Waals surface area contributed by atoms with Crippen LogP contribution in [0.1, 0.15) is 19.7 Å². The van der Waals surface area contributed by atoms with Gasteiger partial charge in [-0.25, -0.2) is 0 Å². The minimum Gasteiger partial charge on any atom is -0.368 e. The first-order valence-electron chi connectivity index (χ1n) is 4.64. The number of aromatic nitrogens is 3. The Balaban J connectivity index is 2.75. The highest BCUT2D eigenvalue weighted by Crippen LogP contribution is 2.02. The molecule has 0 unspecified atom stereocenters. The van der Waals surface area contributed by atoms with Crippen LogP contribution in [0.3, 0.4) is 0 Å². The van der Waals surface area contributed by atoms with Gasteiger partial charge in [-0.1, -0.05) is 13.8 Å². The molecule has 1 rings (SSSR count). The van der Waals surface area contributed by atoms with E-state index in [2.05, 4.69) is 33.7 Å². The minimum absolute atomic E-state index is 0.180. The zero-order valence-corrected chi connectivity index (χ0v) is 8.56. The molecule has 0 atom stereocenters. The monoisotopic (exact) mass is 196 g/mol. The lowest BCUT2D eigenvalue weighted by molar-refractivity contribution is 0.288. The molecule has 4 N–H and O–H groups in total. The first-order chi connectivity index (χ1) is 6.65. The van der Waals surface area contributed by atoms with E-state index in [1.807, 2.05) is 0 Å². The fraction of sp³-hybridized carbons (Fsp3) is 0.625. The summed E-state index contributed by atoms with van der Waals surface area (Å²) < 4.78 is 0. The van der Waals surface area contributed by atoms with Gasteiger partial charge in [-0.3, -0.25) is 4.90 Å². The van der Waals surface area contributed by atoms with Crippen molar-refractivity contribution in [1.29, 1.82) is 0 Å². The molecular weight excluding hydrogens is 180 g/mol. The van der Waals surface area contributed by atoms with E-state index < -0.39 is 0 Å². The van der Waals surface area contributed by atoms with Gasteiger partial charge in [0.2, 0.25) is 11.9 Å². The molecule has 0 bridgehead atoms. The van der Waals surface area contributed by atoms with E-state index >= 15 is 0 Å². The second kappa shape index (κ2) is 4.71. The highest BCUT2D eigenvalue weighted by molar-refractivity contribution is 5.25. The molecule has 0 saturated heterocycles. The van der Waals surface area contributed by atoms with Crippen molar-refractivity contribution in [2.45, 2.75) is 20.4 Å². The lowest BCUT2D eigenvalue weighted by atomic mass is 10.4. The molecule has 0 radical (unpaired) electrons. The zero-order valence-electron chi connectivity index (χ0n) is 8.56. The Morgan fingerprint density at radius 3 is 1.93 bits per heavy atom. The molecule has 0 spiro atoms. The number of hydrogen-bond acceptors (Lipinski definition) is 6. The molecule has 78 valence electrons. The average Bonchev–Trinajstić information content (AvgIpc) is 2.12. The summed E-state index contributed by atoms with van der Waals surface area (Å²) in [6.45, 7) is 6.71. The molecule has 1 heterocycles. The van der Waals surface area contributed by atoms with Crippen LogP contribution >= 0.6 is 0 Å². The van der Waals surface area contributed by atoms with Crippen molar-refractivity contribution >= 4 is 11.9 Å².